The van der Waals surface area contributed by atoms with Crippen molar-refractivity contribution in [3.05, 3.63) is 0 Å². The molecule has 4 saturated carbocycles. The second-order valence-corrected chi connectivity index (χ2v) is 9.03. The van der Waals surface area contributed by atoms with Gasteiger partial charge in [-0.2, -0.15) is 0 Å². The van der Waals surface area contributed by atoms with Crippen LogP contribution in [-0.2, 0) is 9.53 Å². The van der Waals surface area contributed by atoms with Crippen molar-refractivity contribution in [2.45, 2.75) is 71.3 Å². The van der Waals surface area contributed by atoms with Crippen molar-refractivity contribution >= 4 is 12.0 Å². The lowest BCUT2D eigenvalue weighted by Gasteiger charge is -2.56. The van der Waals surface area contributed by atoms with Crippen molar-refractivity contribution in [3.8, 4) is 0 Å². The number of nitrogens with zero attached hydrogens (tertiary/aromatic N) is 1. The van der Waals surface area contributed by atoms with Crippen LogP contribution >= 0.6 is 0 Å². The van der Waals surface area contributed by atoms with Crippen molar-refractivity contribution < 1.29 is 14.3 Å². The van der Waals surface area contributed by atoms with E-state index in [1.165, 1.54) is 43.4 Å². The maximum Gasteiger partial charge on any atom is 0.416 e. The van der Waals surface area contributed by atoms with E-state index in [9.17, 15) is 9.59 Å². The van der Waals surface area contributed by atoms with E-state index in [1.54, 1.807) is 7.05 Å². The van der Waals surface area contributed by atoms with Crippen LogP contribution in [0.1, 0.15) is 65.7 Å². The number of carbonyl (C=O) groups is 2. The molecule has 4 bridgehead atoms. The molecule has 0 unspecified atom stereocenters. The van der Waals surface area contributed by atoms with E-state index in [4.69, 9.17) is 4.74 Å². The summed E-state index contributed by atoms with van der Waals surface area (Å²) in [6, 6.07) is 0. The maximum atomic E-state index is 12.6. The van der Waals surface area contributed by atoms with Gasteiger partial charge in [0.2, 0.25) is 5.91 Å². The lowest BCUT2D eigenvalue weighted by atomic mass is 9.49. The zero-order valence-corrected chi connectivity index (χ0v) is 14.4. The number of amides is 2. The number of hydrogen-bond donors (Lipinski definition) is 0. The Balaban J connectivity index is 1.63. The molecule has 0 heterocycles. The van der Waals surface area contributed by atoms with Crippen LogP contribution in [0.5, 0.6) is 0 Å². The quantitative estimate of drug-likeness (QED) is 0.775. The molecular weight excluding hydrogens is 278 g/mol. The molecular formula is C18H29NO3. The highest BCUT2D eigenvalue weighted by Gasteiger charge is 2.51. The Morgan fingerprint density at radius 2 is 1.50 bits per heavy atom. The van der Waals surface area contributed by atoms with Gasteiger partial charge < -0.3 is 4.74 Å². The summed E-state index contributed by atoms with van der Waals surface area (Å²) in [6.07, 6.45) is 7.67. The first-order chi connectivity index (χ1) is 10.2. The molecule has 0 atom stereocenters. The molecule has 4 fully saturated rings. The molecule has 4 heteroatoms. The van der Waals surface area contributed by atoms with Crippen LogP contribution < -0.4 is 0 Å². The monoisotopic (exact) mass is 307 g/mol. The van der Waals surface area contributed by atoms with E-state index >= 15 is 0 Å². The average Bonchev–Trinajstić information content (AvgIpc) is 2.33. The Bertz CT molecular complexity index is 442. The van der Waals surface area contributed by atoms with E-state index in [0.29, 0.717) is 6.42 Å². The molecule has 0 radical (unpaired) electrons. The minimum absolute atomic E-state index is 0.0730. The molecule has 124 valence electrons. The molecule has 0 aliphatic heterocycles. The van der Waals surface area contributed by atoms with E-state index in [2.05, 4.69) is 0 Å². The van der Waals surface area contributed by atoms with Crippen molar-refractivity contribution in [3.63, 3.8) is 0 Å². The first-order valence-corrected chi connectivity index (χ1v) is 8.65. The smallest absolute Gasteiger partial charge is 0.416 e. The highest BCUT2D eigenvalue weighted by Crippen LogP contribution is 2.61. The number of carbonyl (C=O) groups excluding carboxylic acids is 2. The molecule has 0 saturated heterocycles. The van der Waals surface area contributed by atoms with Crippen LogP contribution in [0.2, 0.25) is 0 Å². The van der Waals surface area contributed by atoms with Crippen LogP contribution in [0.25, 0.3) is 0 Å². The van der Waals surface area contributed by atoms with Gasteiger partial charge in [-0.1, -0.05) is 0 Å². The van der Waals surface area contributed by atoms with Gasteiger partial charge in [0.05, 0.1) is 0 Å². The second kappa shape index (κ2) is 5.24. The molecule has 4 aliphatic rings. The third-order valence-electron chi connectivity index (χ3n) is 5.73. The van der Waals surface area contributed by atoms with Crippen LogP contribution in [-0.4, -0.2) is 29.5 Å². The summed E-state index contributed by atoms with van der Waals surface area (Å²) in [6.45, 7) is 5.47. The first-order valence-electron chi connectivity index (χ1n) is 8.65. The summed E-state index contributed by atoms with van der Waals surface area (Å²) >= 11 is 0. The third-order valence-corrected chi connectivity index (χ3v) is 5.73. The van der Waals surface area contributed by atoms with Gasteiger partial charge in [-0.15, -0.1) is 0 Å². The topological polar surface area (TPSA) is 46.6 Å². The summed E-state index contributed by atoms with van der Waals surface area (Å²) in [5, 5.41) is 0. The molecule has 22 heavy (non-hydrogen) atoms. The van der Waals surface area contributed by atoms with Crippen molar-refractivity contribution in [2.24, 2.45) is 23.2 Å². The predicted molar refractivity (Wildman–Crippen MR) is 84.2 cm³/mol. The maximum absolute atomic E-state index is 12.6. The molecule has 4 aliphatic carbocycles. The van der Waals surface area contributed by atoms with Gasteiger partial charge in [0.15, 0.2) is 0 Å². The van der Waals surface area contributed by atoms with Crippen LogP contribution in [0.15, 0.2) is 0 Å². The van der Waals surface area contributed by atoms with E-state index < -0.39 is 11.7 Å². The van der Waals surface area contributed by atoms with Gasteiger partial charge in [0.25, 0.3) is 0 Å². The summed E-state index contributed by atoms with van der Waals surface area (Å²) in [5.41, 5.74) is -0.394. The highest BCUT2D eigenvalue weighted by atomic mass is 16.6. The largest absolute Gasteiger partial charge is 0.443 e. The zero-order chi connectivity index (χ0) is 16.1. The van der Waals surface area contributed by atoms with E-state index in [1.807, 2.05) is 20.8 Å². The van der Waals surface area contributed by atoms with Crippen LogP contribution in [0, 0.1) is 23.2 Å². The third kappa shape index (κ3) is 3.16. The summed E-state index contributed by atoms with van der Waals surface area (Å²) in [7, 11) is 1.55. The van der Waals surface area contributed by atoms with Crippen LogP contribution in [0.3, 0.4) is 0 Å². The average molecular weight is 307 g/mol. The predicted octanol–water partition coefficient (Wildman–Crippen LogP) is 3.99. The number of hydrogen-bond acceptors (Lipinski definition) is 3. The van der Waals surface area contributed by atoms with Crippen molar-refractivity contribution in [1.29, 1.82) is 0 Å². The fourth-order valence-electron chi connectivity index (χ4n) is 5.38. The molecule has 0 aromatic carbocycles. The molecule has 4 nitrogen and oxygen atoms in total. The van der Waals surface area contributed by atoms with Gasteiger partial charge in [-0.3, -0.25) is 9.69 Å². The fraction of sp³-hybridized carbons (Fsp3) is 0.889. The van der Waals surface area contributed by atoms with E-state index in [0.717, 1.165) is 17.8 Å². The molecule has 0 N–H and O–H groups in total. The van der Waals surface area contributed by atoms with Gasteiger partial charge in [0, 0.05) is 13.5 Å². The summed E-state index contributed by atoms with van der Waals surface area (Å²) < 4.78 is 5.31. The number of imide groups is 1. The Morgan fingerprint density at radius 1 is 1.05 bits per heavy atom. The molecule has 2 amide bonds. The van der Waals surface area contributed by atoms with Gasteiger partial charge in [-0.25, -0.2) is 4.79 Å². The highest BCUT2D eigenvalue weighted by molar-refractivity contribution is 5.92. The van der Waals surface area contributed by atoms with Gasteiger partial charge >= 0.3 is 6.09 Å². The van der Waals surface area contributed by atoms with Gasteiger partial charge in [0.1, 0.15) is 5.60 Å². The van der Waals surface area contributed by atoms with Crippen molar-refractivity contribution in [1.82, 2.24) is 4.90 Å². The lowest BCUT2D eigenvalue weighted by Crippen LogP contribution is -2.49. The Morgan fingerprint density at radius 3 is 1.91 bits per heavy atom. The van der Waals surface area contributed by atoms with E-state index in [-0.39, 0.29) is 11.3 Å². The second-order valence-electron chi connectivity index (χ2n) is 9.03. The number of rotatable bonds is 2. The minimum Gasteiger partial charge on any atom is -0.443 e. The Labute approximate surface area is 133 Å². The molecule has 0 spiro atoms. The Hall–Kier alpha value is -1.06. The lowest BCUT2D eigenvalue weighted by molar-refractivity contribution is -0.137. The molecule has 4 rings (SSSR count). The first kappa shape index (κ1) is 15.8. The van der Waals surface area contributed by atoms with Crippen LogP contribution in [0.4, 0.5) is 4.79 Å². The fourth-order valence-corrected chi connectivity index (χ4v) is 5.38. The Kier molecular flexibility index (Phi) is 3.77. The zero-order valence-electron chi connectivity index (χ0n) is 14.4. The van der Waals surface area contributed by atoms with Crippen molar-refractivity contribution in [2.75, 3.05) is 7.05 Å². The summed E-state index contributed by atoms with van der Waals surface area (Å²) in [5.74, 6) is 2.40. The minimum atomic E-state index is -0.563. The number of ether oxygens (including phenoxy) is 1. The van der Waals surface area contributed by atoms with Gasteiger partial charge in [-0.05, 0) is 82.5 Å². The SMILES string of the molecule is CN(C(=O)CC12CC3CC(CC(C3)C1)C2)C(=O)OC(C)(C)C. The summed E-state index contributed by atoms with van der Waals surface area (Å²) in [4.78, 5) is 25.8. The molecule has 0 aromatic rings. The molecule has 0 aromatic heterocycles. The normalized spacial score (nSPS) is 36.3. The standard InChI is InChI=1S/C18H29NO3/c1-17(2,3)22-16(21)19(4)15(20)11-18-8-12-5-13(9-18)7-14(6-12)10-18/h12-14H,5-11H2,1-4H3.